The minimum atomic E-state index is -0.542. The third kappa shape index (κ3) is 4.48. The molecule has 1 aliphatic rings. The Morgan fingerprint density at radius 1 is 1.37 bits per heavy atom. The molecule has 1 amide bonds. The summed E-state index contributed by atoms with van der Waals surface area (Å²) in [5.41, 5.74) is 0.202. The van der Waals surface area contributed by atoms with E-state index in [1.54, 1.807) is 17.2 Å². The molecule has 1 N–H and O–H groups in total. The van der Waals surface area contributed by atoms with Crippen LogP contribution in [0.15, 0.2) is 24.4 Å². The molecule has 0 radical (unpaired) electrons. The van der Waals surface area contributed by atoms with Gasteiger partial charge in [-0.15, -0.1) is 0 Å². The Bertz CT molecular complexity index is 859. The fourth-order valence-corrected chi connectivity index (χ4v) is 3.08. The van der Waals surface area contributed by atoms with E-state index in [2.05, 4.69) is 4.98 Å². The smallest absolute Gasteiger partial charge is 0.410 e. The van der Waals surface area contributed by atoms with Gasteiger partial charge in [0.05, 0.1) is 17.6 Å². The van der Waals surface area contributed by atoms with E-state index in [1.165, 1.54) is 12.1 Å². The quantitative estimate of drug-likeness (QED) is 0.829. The molecule has 144 valence electrons. The number of hydrogen-bond donors (Lipinski definition) is 1. The van der Waals surface area contributed by atoms with Crippen LogP contribution in [0.1, 0.15) is 44.0 Å². The number of aromatic hydroxyl groups is 1. The molecule has 1 atom stereocenters. The Labute approximate surface area is 157 Å². The molecule has 0 aliphatic carbocycles. The minimum absolute atomic E-state index is 0.116. The van der Waals surface area contributed by atoms with Crippen LogP contribution >= 0.6 is 0 Å². The van der Waals surface area contributed by atoms with Gasteiger partial charge in [-0.1, -0.05) is 0 Å². The summed E-state index contributed by atoms with van der Waals surface area (Å²) in [7, 11) is 0. The van der Waals surface area contributed by atoms with Crippen molar-refractivity contribution in [2.24, 2.45) is 0 Å². The molecule has 7 nitrogen and oxygen atoms in total. The van der Waals surface area contributed by atoms with E-state index >= 15 is 0 Å². The highest BCUT2D eigenvalue weighted by Crippen LogP contribution is 2.31. The maximum atomic E-state index is 12.3. The number of ether oxygens (including phenoxy) is 2. The molecule has 3 rings (SSSR count). The van der Waals surface area contributed by atoms with Gasteiger partial charge in [-0.05, 0) is 51.8 Å². The van der Waals surface area contributed by atoms with Crippen molar-refractivity contribution in [3.8, 4) is 11.5 Å². The van der Waals surface area contributed by atoms with Crippen LogP contribution in [0.5, 0.6) is 11.5 Å². The lowest BCUT2D eigenvalue weighted by Gasteiger charge is -2.34. The summed E-state index contributed by atoms with van der Waals surface area (Å²) in [6.07, 6.45) is 3.27. The van der Waals surface area contributed by atoms with Crippen molar-refractivity contribution in [2.45, 2.75) is 45.3 Å². The summed E-state index contributed by atoms with van der Waals surface area (Å²) < 4.78 is 11.6. The minimum Gasteiger partial charge on any atom is -0.507 e. The Balaban J connectivity index is 1.78. The molecule has 0 saturated carbocycles. The number of phenols is 1. The number of likely N-dealkylation sites (tertiary alicyclic amines) is 1. The lowest BCUT2D eigenvalue weighted by atomic mass is 10.1. The second-order valence-corrected chi connectivity index (χ2v) is 7.66. The lowest BCUT2D eigenvalue weighted by Crippen LogP contribution is -2.46. The number of amides is 1. The first-order valence-electron chi connectivity index (χ1n) is 8.98. The van der Waals surface area contributed by atoms with Gasteiger partial charge >= 0.3 is 6.09 Å². The van der Waals surface area contributed by atoms with Crippen LogP contribution in [-0.2, 0) is 4.74 Å². The molecule has 1 unspecified atom stereocenters. The zero-order valence-corrected chi connectivity index (χ0v) is 15.8. The van der Waals surface area contributed by atoms with Gasteiger partial charge in [0.2, 0.25) is 0 Å². The first kappa shape index (κ1) is 18.9. The van der Waals surface area contributed by atoms with Crippen LogP contribution in [0.25, 0.3) is 10.9 Å². The van der Waals surface area contributed by atoms with Gasteiger partial charge in [-0.3, -0.25) is 9.78 Å². The van der Waals surface area contributed by atoms with E-state index in [9.17, 15) is 14.7 Å². The SMILES string of the molecule is CC(C)(C)OC(=O)N1CCCC(Oc2ccnc3cc(C=O)c(O)cc23)C1. The number of carbonyl (C=O) groups excluding carboxylic acids is 2. The largest absolute Gasteiger partial charge is 0.507 e. The van der Waals surface area contributed by atoms with Crippen LogP contribution in [0.4, 0.5) is 4.79 Å². The molecule has 1 aromatic carbocycles. The van der Waals surface area contributed by atoms with Crippen molar-refractivity contribution in [3.05, 3.63) is 30.0 Å². The summed E-state index contributed by atoms with van der Waals surface area (Å²) in [4.78, 5) is 29.2. The highest BCUT2D eigenvalue weighted by Gasteiger charge is 2.29. The van der Waals surface area contributed by atoms with E-state index in [0.717, 1.165) is 12.8 Å². The Hall–Kier alpha value is -2.83. The summed E-state index contributed by atoms with van der Waals surface area (Å²) in [6, 6.07) is 4.73. The molecule has 2 aromatic rings. The van der Waals surface area contributed by atoms with Crippen LogP contribution in [0.2, 0.25) is 0 Å². The molecule has 1 aliphatic heterocycles. The van der Waals surface area contributed by atoms with Gasteiger partial charge in [0.25, 0.3) is 0 Å². The molecular formula is C20H24N2O5. The van der Waals surface area contributed by atoms with Gasteiger partial charge in [-0.25, -0.2) is 4.79 Å². The average Bonchev–Trinajstić information content (AvgIpc) is 2.60. The molecule has 0 bridgehead atoms. The molecule has 7 heteroatoms. The highest BCUT2D eigenvalue weighted by molar-refractivity contribution is 5.93. The molecule has 1 aromatic heterocycles. The second kappa shape index (κ2) is 7.42. The molecular weight excluding hydrogens is 348 g/mol. The van der Waals surface area contributed by atoms with Crippen molar-refractivity contribution in [1.82, 2.24) is 9.88 Å². The van der Waals surface area contributed by atoms with E-state index in [4.69, 9.17) is 9.47 Å². The molecule has 27 heavy (non-hydrogen) atoms. The first-order valence-corrected chi connectivity index (χ1v) is 8.98. The number of piperidine rings is 1. The predicted molar refractivity (Wildman–Crippen MR) is 100 cm³/mol. The fraction of sp³-hybridized carbons (Fsp3) is 0.450. The normalized spacial score (nSPS) is 17.6. The third-order valence-electron chi connectivity index (χ3n) is 4.30. The summed E-state index contributed by atoms with van der Waals surface area (Å²) in [5.74, 6) is 0.443. The fourth-order valence-electron chi connectivity index (χ4n) is 3.08. The molecule has 1 saturated heterocycles. The van der Waals surface area contributed by atoms with Gasteiger partial charge in [0.1, 0.15) is 23.2 Å². The van der Waals surface area contributed by atoms with Crippen molar-refractivity contribution in [3.63, 3.8) is 0 Å². The first-order chi connectivity index (χ1) is 12.8. The number of aldehydes is 1. The third-order valence-corrected chi connectivity index (χ3v) is 4.30. The number of rotatable bonds is 3. The summed E-state index contributed by atoms with van der Waals surface area (Å²) in [5, 5.41) is 10.6. The molecule has 0 spiro atoms. The number of carbonyl (C=O) groups is 2. The zero-order valence-electron chi connectivity index (χ0n) is 15.8. The van der Waals surface area contributed by atoms with E-state index in [1.807, 2.05) is 20.8 Å². The van der Waals surface area contributed by atoms with Crippen molar-refractivity contribution >= 4 is 23.3 Å². The number of hydrogen-bond acceptors (Lipinski definition) is 6. The topological polar surface area (TPSA) is 89.0 Å². The van der Waals surface area contributed by atoms with E-state index in [0.29, 0.717) is 36.0 Å². The van der Waals surface area contributed by atoms with Crippen LogP contribution in [0, 0.1) is 0 Å². The van der Waals surface area contributed by atoms with Gasteiger partial charge in [-0.2, -0.15) is 0 Å². The van der Waals surface area contributed by atoms with Crippen molar-refractivity contribution in [1.29, 1.82) is 0 Å². The van der Waals surface area contributed by atoms with Crippen molar-refractivity contribution < 1.29 is 24.2 Å². The Kier molecular flexibility index (Phi) is 5.21. The zero-order chi connectivity index (χ0) is 19.6. The lowest BCUT2D eigenvalue weighted by molar-refractivity contribution is 0.00793. The van der Waals surface area contributed by atoms with Gasteiger partial charge in [0.15, 0.2) is 6.29 Å². The van der Waals surface area contributed by atoms with Crippen LogP contribution < -0.4 is 4.74 Å². The number of fused-ring (bicyclic) bond motifs is 1. The van der Waals surface area contributed by atoms with Crippen LogP contribution in [0.3, 0.4) is 0 Å². The van der Waals surface area contributed by atoms with Crippen LogP contribution in [-0.4, -0.2) is 52.2 Å². The number of phenolic OH excluding ortho intramolecular Hbond substituents is 1. The average molecular weight is 372 g/mol. The van der Waals surface area contributed by atoms with Gasteiger partial charge in [0, 0.05) is 18.1 Å². The second-order valence-electron chi connectivity index (χ2n) is 7.66. The number of pyridine rings is 1. The maximum Gasteiger partial charge on any atom is 0.410 e. The molecule has 2 heterocycles. The number of benzene rings is 1. The molecule has 1 fully saturated rings. The number of nitrogens with zero attached hydrogens (tertiary/aromatic N) is 2. The summed E-state index contributed by atoms with van der Waals surface area (Å²) >= 11 is 0. The maximum absolute atomic E-state index is 12.3. The Morgan fingerprint density at radius 2 is 2.15 bits per heavy atom. The van der Waals surface area contributed by atoms with E-state index < -0.39 is 5.60 Å². The number of aromatic nitrogens is 1. The van der Waals surface area contributed by atoms with Crippen molar-refractivity contribution in [2.75, 3.05) is 13.1 Å². The predicted octanol–water partition coefficient (Wildman–Crippen LogP) is 3.53. The van der Waals surface area contributed by atoms with E-state index in [-0.39, 0.29) is 23.5 Å². The highest BCUT2D eigenvalue weighted by atomic mass is 16.6. The van der Waals surface area contributed by atoms with Gasteiger partial charge < -0.3 is 19.5 Å². The standard InChI is InChI=1S/C20H24N2O5/c1-20(2,3)27-19(25)22-8-4-5-14(11-22)26-18-6-7-21-16-9-13(12-23)17(24)10-15(16)18/h6-7,9-10,12,14,24H,4-5,8,11H2,1-3H3. The Morgan fingerprint density at radius 3 is 2.85 bits per heavy atom. The summed E-state index contributed by atoms with van der Waals surface area (Å²) in [6.45, 7) is 6.58. The monoisotopic (exact) mass is 372 g/mol.